The molecule has 1 saturated carbocycles. The van der Waals surface area contributed by atoms with Gasteiger partial charge in [0.1, 0.15) is 5.60 Å². The fraction of sp³-hybridized carbons (Fsp3) is 0.909. The lowest BCUT2D eigenvalue weighted by atomic mass is 9.98. The number of esters is 1. The molecule has 2 fully saturated rings. The number of carbonyl (C=O) groups is 1. The SMILES string of the molecule is CC(C)(C)OC(=O)C12CNCCC1C2. The summed E-state index contributed by atoms with van der Waals surface area (Å²) in [6.45, 7) is 7.64. The van der Waals surface area contributed by atoms with E-state index in [9.17, 15) is 4.79 Å². The van der Waals surface area contributed by atoms with E-state index in [-0.39, 0.29) is 17.0 Å². The summed E-state index contributed by atoms with van der Waals surface area (Å²) in [5.41, 5.74) is -0.512. The van der Waals surface area contributed by atoms with Gasteiger partial charge in [0.15, 0.2) is 0 Å². The molecular weight excluding hydrogens is 178 g/mol. The van der Waals surface area contributed by atoms with Gasteiger partial charge in [0.2, 0.25) is 0 Å². The maximum atomic E-state index is 11.9. The van der Waals surface area contributed by atoms with Crippen molar-refractivity contribution in [1.82, 2.24) is 5.32 Å². The van der Waals surface area contributed by atoms with Crippen LogP contribution < -0.4 is 5.32 Å². The fourth-order valence-electron chi connectivity index (χ4n) is 2.27. The van der Waals surface area contributed by atoms with Gasteiger partial charge in [-0.1, -0.05) is 0 Å². The maximum Gasteiger partial charge on any atom is 0.314 e. The summed E-state index contributed by atoms with van der Waals surface area (Å²) in [5.74, 6) is 0.584. The molecule has 0 bridgehead atoms. The van der Waals surface area contributed by atoms with Gasteiger partial charge in [0.05, 0.1) is 5.41 Å². The van der Waals surface area contributed by atoms with E-state index in [1.165, 1.54) is 0 Å². The Labute approximate surface area is 85.2 Å². The molecule has 3 heteroatoms. The molecule has 1 aliphatic carbocycles. The number of fused-ring (bicyclic) bond motifs is 1. The second-order valence-corrected chi connectivity index (χ2v) is 5.52. The summed E-state index contributed by atoms with van der Waals surface area (Å²) < 4.78 is 5.44. The normalized spacial score (nSPS) is 36.1. The molecule has 2 rings (SSSR count). The highest BCUT2D eigenvalue weighted by Crippen LogP contribution is 2.56. The zero-order valence-electron chi connectivity index (χ0n) is 9.22. The second kappa shape index (κ2) is 2.96. The van der Waals surface area contributed by atoms with Gasteiger partial charge in [-0.2, -0.15) is 0 Å². The molecule has 1 N–H and O–H groups in total. The smallest absolute Gasteiger partial charge is 0.314 e. The summed E-state index contributed by atoms with van der Waals surface area (Å²) in [6.07, 6.45) is 2.15. The van der Waals surface area contributed by atoms with Crippen LogP contribution in [0.15, 0.2) is 0 Å². The Kier molecular flexibility index (Phi) is 2.11. The topological polar surface area (TPSA) is 38.3 Å². The molecule has 2 aliphatic rings. The van der Waals surface area contributed by atoms with Gasteiger partial charge in [-0.3, -0.25) is 4.79 Å². The van der Waals surface area contributed by atoms with Gasteiger partial charge < -0.3 is 10.1 Å². The lowest BCUT2D eigenvalue weighted by Gasteiger charge is -2.26. The first kappa shape index (κ1) is 9.97. The Morgan fingerprint density at radius 3 is 2.79 bits per heavy atom. The van der Waals surface area contributed by atoms with E-state index in [2.05, 4.69) is 5.32 Å². The van der Waals surface area contributed by atoms with Gasteiger partial charge in [0.25, 0.3) is 0 Å². The monoisotopic (exact) mass is 197 g/mol. The van der Waals surface area contributed by atoms with Crippen LogP contribution in [0, 0.1) is 11.3 Å². The molecule has 0 aromatic rings. The predicted molar refractivity (Wildman–Crippen MR) is 53.9 cm³/mol. The minimum absolute atomic E-state index is 0.00204. The molecule has 0 radical (unpaired) electrons. The number of hydrogen-bond donors (Lipinski definition) is 1. The number of carbonyl (C=O) groups excluding carboxylic acids is 1. The van der Waals surface area contributed by atoms with Crippen molar-refractivity contribution in [2.45, 2.75) is 39.2 Å². The Balaban J connectivity index is 1.99. The third-order valence-electron chi connectivity index (χ3n) is 3.15. The number of piperidine rings is 1. The average Bonchev–Trinajstić information content (AvgIpc) is 2.75. The summed E-state index contributed by atoms with van der Waals surface area (Å²) in [4.78, 5) is 11.9. The Morgan fingerprint density at radius 2 is 2.21 bits per heavy atom. The molecule has 3 nitrogen and oxygen atoms in total. The quantitative estimate of drug-likeness (QED) is 0.644. The second-order valence-electron chi connectivity index (χ2n) is 5.52. The fourth-order valence-corrected chi connectivity index (χ4v) is 2.27. The molecule has 1 saturated heterocycles. The Morgan fingerprint density at radius 1 is 1.50 bits per heavy atom. The molecule has 2 atom stereocenters. The van der Waals surface area contributed by atoms with E-state index in [0.717, 1.165) is 25.9 Å². The van der Waals surface area contributed by atoms with Crippen molar-refractivity contribution in [3.8, 4) is 0 Å². The van der Waals surface area contributed by atoms with Gasteiger partial charge in [-0.15, -0.1) is 0 Å². The molecule has 2 unspecified atom stereocenters. The Hall–Kier alpha value is -0.570. The van der Waals surface area contributed by atoms with Crippen LogP contribution in [0.1, 0.15) is 33.6 Å². The highest BCUT2D eigenvalue weighted by atomic mass is 16.6. The minimum Gasteiger partial charge on any atom is -0.459 e. The van der Waals surface area contributed by atoms with Crippen LogP contribution in [0.3, 0.4) is 0 Å². The van der Waals surface area contributed by atoms with Gasteiger partial charge in [-0.05, 0) is 46.1 Å². The van der Waals surface area contributed by atoms with Gasteiger partial charge in [-0.25, -0.2) is 0 Å². The molecule has 0 aromatic heterocycles. The average molecular weight is 197 g/mol. The lowest BCUT2D eigenvalue weighted by Crippen LogP contribution is -2.40. The summed E-state index contributed by atoms with van der Waals surface area (Å²) in [7, 11) is 0. The minimum atomic E-state index is -0.351. The van der Waals surface area contributed by atoms with Crippen LogP contribution in [0.25, 0.3) is 0 Å². The highest BCUT2D eigenvalue weighted by molar-refractivity contribution is 5.81. The highest BCUT2D eigenvalue weighted by Gasteiger charge is 2.62. The van der Waals surface area contributed by atoms with Crippen molar-refractivity contribution in [2.75, 3.05) is 13.1 Å². The van der Waals surface area contributed by atoms with Crippen LogP contribution in [0.2, 0.25) is 0 Å². The van der Waals surface area contributed by atoms with Crippen LogP contribution in [0.4, 0.5) is 0 Å². The van der Waals surface area contributed by atoms with Crippen molar-refractivity contribution in [3.05, 3.63) is 0 Å². The van der Waals surface area contributed by atoms with Crippen molar-refractivity contribution < 1.29 is 9.53 Å². The molecule has 14 heavy (non-hydrogen) atoms. The number of nitrogens with one attached hydrogen (secondary N) is 1. The summed E-state index contributed by atoms with van der Waals surface area (Å²) in [5, 5.41) is 3.28. The van der Waals surface area contributed by atoms with Crippen LogP contribution in [0.5, 0.6) is 0 Å². The van der Waals surface area contributed by atoms with E-state index in [4.69, 9.17) is 4.74 Å². The first-order valence-corrected chi connectivity index (χ1v) is 5.38. The van der Waals surface area contributed by atoms with Crippen LogP contribution in [-0.4, -0.2) is 24.7 Å². The van der Waals surface area contributed by atoms with Crippen LogP contribution >= 0.6 is 0 Å². The zero-order valence-corrected chi connectivity index (χ0v) is 9.22. The van der Waals surface area contributed by atoms with Crippen LogP contribution in [-0.2, 0) is 9.53 Å². The van der Waals surface area contributed by atoms with E-state index in [1.807, 2.05) is 20.8 Å². The number of rotatable bonds is 1. The van der Waals surface area contributed by atoms with Crippen molar-refractivity contribution in [2.24, 2.45) is 11.3 Å². The van der Waals surface area contributed by atoms with Crippen molar-refractivity contribution in [1.29, 1.82) is 0 Å². The summed E-state index contributed by atoms with van der Waals surface area (Å²) in [6, 6.07) is 0. The molecule has 0 spiro atoms. The molecule has 1 heterocycles. The number of hydrogen-bond acceptors (Lipinski definition) is 3. The van der Waals surface area contributed by atoms with Gasteiger partial charge in [0, 0.05) is 6.54 Å². The van der Waals surface area contributed by atoms with E-state index >= 15 is 0 Å². The zero-order chi connectivity index (χ0) is 10.4. The number of ether oxygens (including phenoxy) is 1. The molecule has 0 amide bonds. The first-order valence-electron chi connectivity index (χ1n) is 5.38. The van der Waals surface area contributed by atoms with Crippen molar-refractivity contribution >= 4 is 5.97 Å². The van der Waals surface area contributed by atoms with E-state index in [0.29, 0.717) is 5.92 Å². The third-order valence-corrected chi connectivity index (χ3v) is 3.15. The molecule has 0 aromatic carbocycles. The lowest BCUT2D eigenvalue weighted by molar-refractivity contribution is -0.162. The molecular formula is C11H19NO2. The van der Waals surface area contributed by atoms with Gasteiger partial charge >= 0.3 is 5.97 Å². The maximum absolute atomic E-state index is 11.9. The van der Waals surface area contributed by atoms with Crippen molar-refractivity contribution in [3.63, 3.8) is 0 Å². The standard InChI is InChI=1S/C11H19NO2/c1-10(2,3)14-9(13)11-6-8(11)4-5-12-7-11/h8,12H,4-7H2,1-3H3. The van der Waals surface area contributed by atoms with E-state index in [1.54, 1.807) is 0 Å². The molecule has 1 aliphatic heterocycles. The first-order chi connectivity index (χ1) is 6.44. The molecule has 80 valence electrons. The predicted octanol–water partition coefficient (Wildman–Crippen LogP) is 1.33. The largest absolute Gasteiger partial charge is 0.459 e. The van der Waals surface area contributed by atoms with E-state index < -0.39 is 0 Å². The summed E-state index contributed by atoms with van der Waals surface area (Å²) >= 11 is 0. The Bertz CT molecular complexity index is 257. The third kappa shape index (κ3) is 1.65.